The fraction of sp³-hybridized carbons (Fsp3) is 0.455. The molecule has 0 saturated carbocycles. The first-order valence-corrected chi connectivity index (χ1v) is 7.41. The van der Waals surface area contributed by atoms with Crippen molar-refractivity contribution >= 4 is 39.2 Å². The molecule has 3 amide bonds. The molecule has 0 spiro atoms. The number of nitrogens with one attached hydrogen (secondary N) is 1. The standard InChI is InChI=1S/C11H12BrN3O2S/c12-8-1-4-18-9(8)10(16)14-2-3-15-7(6-14)5-13-11(15)17/h1,4,7H,2-3,5-6H2,(H,13,17). The summed E-state index contributed by atoms with van der Waals surface area (Å²) in [5, 5.41) is 4.71. The average Bonchev–Trinajstić information content (AvgIpc) is 2.95. The summed E-state index contributed by atoms with van der Waals surface area (Å²) in [4.78, 5) is 28.2. The topological polar surface area (TPSA) is 52.7 Å². The zero-order chi connectivity index (χ0) is 12.7. The first kappa shape index (κ1) is 12.0. The third-order valence-corrected chi connectivity index (χ3v) is 5.16. The predicted octanol–water partition coefficient (Wildman–Crippen LogP) is 1.36. The van der Waals surface area contributed by atoms with Crippen molar-refractivity contribution in [2.75, 3.05) is 26.2 Å². The summed E-state index contributed by atoms with van der Waals surface area (Å²) in [5.74, 6) is 0.0517. The Balaban J connectivity index is 1.74. The van der Waals surface area contributed by atoms with Crippen LogP contribution in [0.4, 0.5) is 4.79 Å². The minimum absolute atomic E-state index is 0.00981. The summed E-state index contributed by atoms with van der Waals surface area (Å²) in [7, 11) is 0. The van der Waals surface area contributed by atoms with E-state index in [1.165, 1.54) is 11.3 Å². The second-order valence-electron chi connectivity index (χ2n) is 4.38. The van der Waals surface area contributed by atoms with E-state index in [2.05, 4.69) is 21.2 Å². The molecule has 2 aliphatic heterocycles. The van der Waals surface area contributed by atoms with Gasteiger partial charge in [0, 0.05) is 30.7 Å². The highest BCUT2D eigenvalue weighted by molar-refractivity contribution is 9.10. The van der Waals surface area contributed by atoms with Crippen LogP contribution in [-0.4, -0.2) is 54.0 Å². The van der Waals surface area contributed by atoms with Gasteiger partial charge in [0.05, 0.1) is 6.04 Å². The number of halogens is 1. The molecule has 3 heterocycles. The zero-order valence-electron chi connectivity index (χ0n) is 9.56. The van der Waals surface area contributed by atoms with Gasteiger partial charge in [0.2, 0.25) is 0 Å². The smallest absolute Gasteiger partial charge is 0.317 e. The lowest BCUT2D eigenvalue weighted by atomic mass is 10.2. The number of nitrogens with zero attached hydrogens (tertiary/aromatic N) is 2. The Kier molecular flexibility index (Phi) is 3.03. The van der Waals surface area contributed by atoms with Gasteiger partial charge in [-0.15, -0.1) is 11.3 Å². The van der Waals surface area contributed by atoms with Crippen molar-refractivity contribution in [2.45, 2.75) is 6.04 Å². The Morgan fingerprint density at radius 3 is 3.06 bits per heavy atom. The molecule has 1 aromatic heterocycles. The molecular weight excluding hydrogens is 318 g/mol. The van der Waals surface area contributed by atoms with Crippen molar-refractivity contribution < 1.29 is 9.59 Å². The van der Waals surface area contributed by atoms with Gasteiger partial charge < -0.3 is 15.1 Å². The molecule has 0 bridgehead atoms. The normalized spacial score (nSPS) is 22.9. The fourth-order valence-electron chi connectivity index (χ4n) is 2.38. The van der Waals surface area contributed by atoms with Gasteiger partial charge in [0.1, 0.15) is 4.88 Å². The van der Waals surface area contributed by atoms with Crippen LogP contribution < -0.4 is 5.32 Å². The largest absolute Gasteiger partial charge is 0.336 e. The number of rotatable bonds is 1. The molecule has 5 nitrogen and oxygen atoms in total. The maximum Gasteiger partial charge on any atom is 0.317 e. The third-order valence-electron chi connectivity index (χ3n) is 3.33. The number of thiophene rings is 1. The SMILES string of the molecule is O=C(c1sccc1Br)N1CCN2C(=O)NCC2C1. The van der Waals surface area contributed by atoms with Crippen LogP contribution in [0.1, 0.15) is 9.67 Å². The molecule has 1 aromatic rings. The lowest BCUT2D eigenvalue weighted by Crippen LogP contribution is -2.53. The summed E-state index contributed by atoms with van der Waals surface area (Å²) in [6.07, 6.45) is 0. The van der Waals surface area contributed by atoms with Gasteiger partial charge in [-0.1, -0.05) is 0 Å². The molecule has 0 radical (unpaired) electrons. The molecule has 1 atom stereocenters. The zero-order valence-corrected chi connectivity index (χ0v) is 12.0. The number of piperazine rings is 1. The number of hydrogen-bond donors (Lipinski definition) is 1. The molecule has 2 fully saturated rings. The first-order chi connectivity index (χ1) is 8.66. The molecule has 0 aliphatic carbocycles. The third kappa shape index (κ3) is 1.91. The number of urea groups is 1. The minimum atomic E-state index is -0.00981. The summed E-state index contributed by atoms with van der Waals surface area (Å²) >= 11 is 4.83. The van der Waals surface area contributed by atoms with E-state index in [1.54, 1.807) is 0 Å². The highest BCUT2D eigenvalue weighted by Gasteiger charge is 2.37. The van der Waals surface area contributed by atoms with Gasteiger partial charge in [-0.2, -0.15) is 0 Å². The van der Waals surface area contributed by atoms with Crippen molar-refractivity contribution in [3.63, 3.8) is 0 Å². The Morgan fingerprint density at radius 1 is 1.50 bits per heavy atom. The minimum Gasteiger partial charge on any atom is -0.336 e. The first-order valence-electron chi connectivity index (χ1n) is 5.73. The molecule has 7 heteroatoms. The molecule has 1 unspecified atom stereocenters. The monoisotopic (exact) mass is 329 g/mol. The number of fused-ring (bicyclic) bond motifs is 1. The Hall–Kier alpha value is -1.08. The van der Waals surface area contributed by atoms with E-state index in [0.717, 1.165) is 9.35 Å². The van der Waals surface area contributed by atoms with Gasteiger partial charge in [0.15, 0.2) is 0 Å². The van der Waals surface area contributed by atoms with Crippen molar-refractivity contribution in [3.8, 4) is 0 Å². The predicted molar refractivity (Wildman–Crippen MR) is 71.8 cm³/mol. The van der Waals surface area contributed by atoms with E-state index in [4.69, 9.17) is 0 Å². The maximum atomic E-state index is 12.3. The highest BCUT2D eigenvalue weighted by atomic mass is 79.9. The van der Waals surface area contributed by atoms with Gasteiger partial charge in [-0.25, -0.2) is 4.79 Å². The summed E-state index contributed by atoms with van der Waals surface area (Å²) in [6, 6.07) is 1.99. The van der Waals surface area contributed by atoms with Gasteiger partial charge in [0.25, 0.3) is 5.91 Å². The van der Waals surface area contributed by atoms with E-state index in [0.29, 0.717) is 26.2 Å². The van der Waals surface area contributed by atoms with Crippen LogP contribution in [0, 0.1) is 0 Å². The van der Waals surface area contributed by atoms with Crippen LogP contribution in [-0.2, 0) is 0 Å². The highest BCUT2D eigenvalue weighted by Crippen LogP contribution is 2.25. The molecule has 96 valence electrons. The second kappa shape index (κ2) is 4.55. The Labute approximate surface area is 117 Å². The molecule has 3 rings (SSSR count). The summed E-state index contributed by atoms with van der Waals surface area (Å²) in [5.41, 5.74) is 0. The molecule has 0 aromatic carbocycles. The van der Waals surface area contributed by atoms with E-state index in [1.807, 2.05) is 21.2 Å². The quantitative estimate of drug-likeness (QED) is 0.845. The fourth-order valence-corrected chi connectivity index (χ4v) is 3.89. The van der Waals surface area contributed by atoms with Gasteiger partial charge in [-0.3, -0.25) is 4.79 Å². The summed E-state index contributed by atoms with van der Waals surface area (Å²) in [6.45, 7) is 2.47. The van der Waals surface area contributed by atoms with Crippen LogP contribution in [0.15, 0.2) is 15.9 Å². The van der Waals surface area contributed by atoms with Crippen molar-refractivity contribution in [1.82, 2.24) is 15.1 Å². The maximum absolute atomic E-state index is 12.3. The van der Waals surface area contributed by atoms with Crippen molar-refractivity contribution in [1.29, 1.82) is 0 Å². The van der Waals surface area contributed by atoms with E-state index in [-0.39, 0.29) is 18.0 Å². The average molecular weight is 330 g/mol. The van der Waals surface area contributed by atoms with Gasteiger partial charge >= 0.3 is 6.03 Å². The van der Waals surface area contributed by atoms with Crippen LogP contribution in [0.5, 0.6) is 0 Å². The van der Waals surface area contributed by atoms with Crippen molar-refractivity contribution in [3.05, 3.63) is 20.8 Å². The number of carbonyl (C=O) groups excluding carboxylic acids is 2. The molecular formula is C11H12BrN3O2S. The van der Waals surface area contributed by atoms with E-state index in [9.17, 15) is 9.59 Å². The van der Waals surface area contributed by atoms with Crippen LogP contribution >= 0.6 is 27.3 Å². The number of carbonyl (C=O) groups is 2. The number of amides is 3. The molecule has 18 heavy (non-hydrogen) atoms. The van der Waals surface area contributed by atoms with Crippen LogP contribution in [0.3, 0.4) is 0 Å². The van der Waals surface area contributed by atoms with Crippen LogP contribution in [0.25, 0.3) is 0 Å². The van der Waals surface area contributed by atoms with E-state index < -0.39 is 0 Å². The molecule has 2 saturated heterocycles. The Bertz CT molecular complexity index is 504. The van der Waals surface area contributed by atoms with E-state index >= 15 is 0 Å². The van der Waals surface area contributed by atoms with Gasteiger partial charge in [-0.05, 0) is 27.4 Å². The van der Waals surface area contributed by atoms with Crippen LogP contribution in [0.2, 0.25) is 0 Å². The number of hydrogen-bond acceptors (Lipinski definition) is 3. The lowest BCUT2D eigenvalue weighted by molar-refractivity contribution is 0.0621. The second-order valence-corrected chi connectivity index (χ2v) is 6.15. The Morgan fingerprint density at radius 2 is 2.33 bits per heavy atom. The van der Waals surface area contributed by atoms with Crippen molar-refractivity contribution in [2.24, 2.45) is 0 Å². The molecule has 1 N–H and O–H groups in total. The summed E-state index contributed by atoms with van der Waals surface area (Å²) < 4.78 is 0.848. The molecule has 2 aliphatic rings. The lowest BCUT2D eigenvalue weighted by Gasteiger charge is -2.36.